The molecule has 0 saturated carbocycles. The van der Waals surface area contributed by atoms with Crippen LogP contribution in [0.3, 0.4) is 0 Å². The third-order valence-electron chi connectivity index (χ3n) is 5.34. The Balaban J connectivity index is 1.88. The zero-order valence-corrected chi connectivity index (χ0v) is 16.3. The van der Waals surface area contributed by atoms with Crippen LogP contribution in [0, 0.1) is 19.7 Å². The summed E-state index contributed by atoms with van der Waals surface area (Å²) < 4.78 is 14.1. The maximum atomic E-state index is 14.1. The first kappa shape index (κ1) is 18.9. The van der Waals surface area contributed by atoms with E-state index < -0.39 is 11.9 Å². The minimum absolute atomic E-state index is 0.123. The maximum Gasteiger partial charge on any atom is 0.255 e. The lowest BCUT2D eigenvalue weighted by molar-refractivity contribution is -0.117. The first-order valence-electron chi connectivity index (χ1n) is 9.46. The molecule has 3 aromatic rings. The predicted molar refractivity (Wildman–Crippen MR) is 110 cm³/mol. The molecule has 0 spiro atoms. The van der Waals surface area contributed by atoms with E-state index in [9.17, 15) is 14.0 Å². The average molecular weight is 388 g/mol. The molecule has 0 unspecified atom stereocenters. The van der Waals surface area contributed by atoms with Crippen LogP contribution in [0.5, 0.6) is 0 Å². The molecule has 1 atom stereocenters. The number of carbonyl (C=O) groups is 2. The van der Waals surface area contributed by atoms with Crippen molar-refractivity contribution in [2.24, 2.45) is 0 Å². The Morgan fingerprint density at radius 3 is 2.48 bits per heavy atom. The van der Waals surface area contributed by atoms with E-state index in [0.717, 1.165) is 16.7 Å². The number of amides is 2. The second-order valence-electron chi connectivity index (χ2n) is 7.33. The van der Waals surface area contributed by atoms with Gasteiger partial charge in [0.1, 0.15) is 12.4 Å². The lowest BCUT2D eigenvalue weighted by Crippen LogP contribution is -2.39. The largest absolute Gasteiger partial charge is 0.324 e. The first-order chi connectivity index (χ1) is 13.9. The third-order valence-corrected chi connectivity index (χ3v) is 5.34. The molecule has 1 heterocycles. The Labute approximate surface area is 169 Å². The Bertz CT molecular complexity index is 1100. The van der Waals surface area contributed by atoms with Gasteiger partial charge in [-0.2, -0.15) is 0 Å². The first-order valence-corrected chi connectivity index (χ1v) is 9.46. The normalized spacial score (nSPS) is 16.0. The number of nitrogens with zero attached hydrogens (tertiary/aromatic N) is 1. The number of rotatable bonds is 2. The number of hydrogen-bond donors (Lipinski definition) is 1. The van der Waals surface area contributed by atoms with Crippen LogP contribution < -0.4 is 5.32 Å². The zero-order valence-electron chi connectivity index (χ0n) is 16.3. The van der Waals surface area contributed by atoms with Crippen molar-refractivity contribution < 1.29 is 14.0 Å². The fourth-order valence-corrected chi connectivity index (χ4v) is 3.70. The third kappa shape index (κ3) is 3.63. The van der Waals surface area contributed by atoms with Crippen LogP contribution >= 0.6 is 0 Å². The summed E-state index contributed by atoms with van der Waals surface area (Å²) in [5.74, 6) is -0.998. The predicted octanol–water partition coefficient (Wildman–Crippen LogP) is 4.63. The number of fused-ring (bicyclic) bond motifs is 1. The highest BCUT2D eigenvalue weighted by Crippen LogP contribution is 2.37. The number of hydrogen-bond acceptors (Lipinski definition) is 2. The van der Waals surface area contributed by atoms with Crippen LogP contribution in [-0.2, 0) is 4.79 Å². The summed E-state index contributed by atoms with van der Waals surface area (Å²) in [5.41, 5.74) is 4.47. The van der Waals surface area contributed by atoms with Gasteiger partial charge in [0.25, 0.3) is 5.91 Å². The van der Waals surface area contributed by atoms with Crippen LogP contribution in [0.4, 0.5) is 10.1 Å². The number of benzene rings is 3. The van der Waals surface area contributed by atoms with Gasteiger partial charge in [-0.05, 0) is 60.9 Å². The van der Waals surface area contributed by atoms with E-state index >= 15 is 0 Å². The van der Waals surface area contributed by atoms with Crippen molar-refractivity contribution >= 4 is 17.5 Å². The number of aryl methyl sites for hydroxylation is 2. The molecular weight excluding hydrogens is 367 g/mol. The Morgan fingerprint density at radius 1 is 1.00 bits per heavy atom. The number of anilines is 1. The van der Waals surface area contributed by atoms with Gasteiger partial charge in [-0.15, -0.1) is 0 Å². The van der Waals surface area contributed by atoms with E-state index in [1.807, 2.05) is 56.3 Å². The molecule has 0 aliphatic carbocycles. The van der Waals surface area contributed by atoms with Gasteiger partial charge in [-0.1, -0.05) is 36.4 Å². The summed E-state index contributed by atoms with van der Waals surface area (Å²) in [6.45, 7) is 3.80. The molecule has 1 aliphatic heterocycles. The van der Waals surface area contributed by atoms with E-state index in [2.05, 4.69) is 5.32 Å². The molecule has 3 aromatic carbocycles. The molecule has 0 radical (unpaired) electrons. The van der Waals surface area contributed by atoms with Gasteiger partial charge in [-0.25, -0.2) is 4.39 Å². The lowest BCUT2D eigenvalue weighted by Gasteiger charge is -2.30. The molecule has 29 heavy (non-hydrogen) atoms. The average Bonchev–Trinajstić information content (AvgIpc) is 2.85. The minimum atomic E-state index is -0.588. The van der Waals surface area contributed by atoms with Gasteiger partial charge in [0.2, 0.25) is 5.91 Å². The van der Waals surface area contributed by atoms with Crippen molar-refractivity contribution in [2.45, 2.75) is 19.9 Å². The van der Waals surface area contributed by atoms with Gasteiger partial charge in [0, 0.05) is 16.8 Å². The van der Waals surface area contributed by atoms with E-state index in [0.29, 0.717) is 16.8 Å². The molecule has 0 aromatic heterocycles. The van der Waals surface area contributed by atoms with Crippen molar-refractivity contribution in [2.75, 3.05) is 11.9 Å². The Morgan fingerprint density at radius 2 is 1.76 bits per heavy atom. The summed E-state index contributed by atoms with van der Waals surface area (Å²) in [7, 11) is 0. The highest BCUT2D eigenvalue weighted by Gasteiger charge is 2.34. The Kier molecular flexibility index (Phi) is 4.89. The van der Waals surface area contributed by atoms with Crippen molar-refractivity contribution in [3.8, 4) is 0 Å². The zero-order chi connectivity index (χ0) is 20.5. The van der Waals surface area contributed by atoms with Gasteiger partial charge in [-0.3, -0.25) is 9.59 Å². The summed E-state index contributed by atoms with van der Waals surface area (Å²) in [4.78, 5) is 27.6. The summed E-state index contributed by atoms with van der Waals surface area (Å²) in [6.07, 6.45) is 0. The maximum absolute atomic E-state index is 14.1. The van der Waals surface area contributed by atoms with Crippen LogP contribution in [0.2, 0.25) is 0 Å². The quantitative estimate of drug-likeness (QED) is 0.696. The van der Waals surface area contributed by atoms with E-state index in [4.69, 9.17) is 0 Å². The molecule has 4 nitrogen and oxygen atoms in total. The second-order valence-corrected chi connectivity index (χ2v) is 7.33. The van der Waals surface area contributed by atoms with E-state index in [1.54, 1.807) is 12.1 Å². The number of halogens is 1. The van der Waals surface area contributed by atoms with Crippen molar-refractivity contribution in [3.63, 3.8) is 0 Å². The van der Waals surface area contributed by atoms with Crippen LogP contribution in [0.25, 0.3) is 0 Å². The van der Waals surface area contributed by atoms with Gasteiger partial charge < -0.3 is 10.2 Å². The molecule has 1 N–H and O–H groups in total. The van der Waals surface area contributed by atoms with Crippen LogP contribution in [0.15, 0.2) is 66.7 Å². The molecule has 4 rings (SSSR count). The van der Waals surface area contributed by atoms with Crippen molar-refractivity contribution in [1.29, 1.82) is 0 Å². The molecular formula is C24H21FN2O2. The monoisotopic (exact) mass is 388 g/mol. The summed E-state index contributed by atoms with van der Waals surface area (Å²) in [6, 6.07) is 18.5. The minimum Gasteiger partial charge on any atom is -0.324 e. The molecule has 0 bridgehead atoms. The molecule has 1 aliphatic rings. The van der Waals surface area contributed by atoms with Crippen LogP contribution in [-0.4, -0.2) is 23.3 Å². The van der Waals surface area contributed by atoms with Crippen LogP contribution in [0.1, 0.15) is 38.7 Å². The number of carbonyl (C=O) groups excluding carboxylic acids is 2. The van der Waals surface area contributed by atoms with Gasteiger partial charge in [0.15, 0.2) is 0 Å². The lowest BCUT2D eigenvalue weighted by atomic mass is 9.95. The highest BCUT2D eigenvalue weighted by atomic mass is 19.1. The molecule has 0 saturated heterocycles. The van der Waals surface area contributed by atoms with E-state index in [1.165, 1.54) is 17.0 Å². The Hall–Kier alpha value is -3.47. The fraction of sp³-hybridized carbons (Fsp3) is 0.167. The molecule has 2 amide bonds. The smallest absolute Gasteiger partial charge is 0.255 e. The van der Waals surface area contributed by atoms with Gasteiger partial charge in [0.05, 0.1) is 6.04 Å². The second kappa shape index (κ2) is 7.51. The highest BCUT2D eigenvalue weighted by molar-refractivity contribution is 6.01. The summed E-state index contributed by atoms with van der Waals surface area (Å²) >= 11 is 0. The SMILES string of the molecule is Cc1ccc(C(=O)N2CC(=O)Nc3ccc(F)cc3[C@H]2c2ccccc2)cc1C. The topological polar surface area (TPSA) is 49.4 Å². The standard InChI is InChI=1S/C24H21FN2O2/c1-15-8-9-18(12-16(15)2)24(29)27-14-22(28)26-21-11-10-19(25)13-20(21)23(27)17-6-4-3-5-7-17/h3-13,23H,14H2,1-2H3,(H,26,28)/t23-/m1/s1. The molecule has 146 valence electrons. The number of nitrogens with one attached hydrogen (secondary N) is 1. The van der Waals surface area contributed by atoms with Gasteiger partial charge >= 0.3 is 0 Å². The summed E-state index contributed by atoms with van der Waals surface area (Å²) in [5, 5.41) is 2.81. The molecule has 5 heteroatoms. The van der Waals surface area contributed by atoms with E-state index in [-0.39, 0.29) is 18.4 Å². The molecule has 0 fully saturated rings. The van der Waals surface area contributed by atoms with Crippen molar-refractivity contribution in [3.05, 3.63) is 100 Å². The fourth-order valence-electron chi connectivity index (χ4n) is 3.70. The van der Waals surface area contributed by atoms with Crippen molar-refractivity contribution in [1.82, 2.24) is 4.90 Å².